The predicted molar refractivity (Wildman–Crippen MR) is 102 cm³/mol. The summed E-state index contributed by atoms with van der Waals surface area (Å²) < 4.78 is 5.27. The third kappa shape index (κ3) is 4.12. The molecule has 0 aliphatic rings. The van der Waals surface area contributed by atoms with Crippen molar-refractivity contribution in [3.8, 4) is 0 Å². The molecule has 0 fully saturated rings. The molecule has 2 rings (SSSR count). The van der Waals surface area contributed by atoms with Crippen molar-refractivity contribution in [3.05, 3.63) is 45.8 Å². The lowest BCUT2D eigenvalue weighted by Gasteiger charge is -2.19. The second kappa shape index (κ2) is 7.72. The maximum Gasteiger partial charge on any atom is 0.259 e. The van der Waals surface area contributed by atoms with Crippen LogP contribution in [-0.2, 0) is 4.79 Å². The molecule has 0 aliphatic carbocycles. The number of nitrogens with zero attached hydrogens (tertiary/aromatic N) is 2. The van der Waals surface area contributed by atoms with Crippen molar-refractivity contribution in [1.29, 1.82) is 0 Å². The van der Waals surface area contributed by atoms with E-state index in [0.717, 1.165) is 22.4 Å². The van der Waals surface area contributed by atoms with Crippen LogP contribution in [0.25, 0.3) is 0 Å². The van der Waals surface area contributed by atoms with E-state index >= 15 is 0 Å². The second-order valence-electron chi connectivity index (χ2n) is 7.15. The zero-order valence-electron chi connectivity index (χ0n) is 16.6. The van der Waals surface area contributed by atoms with Crippen LogP contribution in [0.5, 0.6) is 0 Å². The van der Waals surface area contributed by atoms with Gasteiger partial charge in [0.05, 0.1) is 12.2 Å². The highest BCUT2D eigenvalue weighted by Crippen LogP contribution is 2.24. The van der Waals surface area contributed by atoms with Crippen LogP contribution in [-0.4, -0.2) is 35.5 Å². The molecule has 0 atom stereocenters. The first-order valence-electron chi connectivity index (χ1n) is 8.71. The summed E-state index contributed by atoms with van der Waals surface area (Å²) in [5, 5.41) is 6.81. The van der Waals surface area contributed by atoms with Crippen LogP contribution in [0.15, 0.2) is 16.7 Å². The first kappa shape index (κ1) is 19.7. The number of anilines is 1. The second-order valence-corrected chi connectivity index (χ2v) is 7.15. The van der Waals surface area contributed by atoms with Gasteiger partial charge in [-0.05, 0) is 38.8 Å². The van der Waals surface area contributed by atoms with E-state index in [9.17, 15) is 9.59 Å². The topological polar surface area (TPSA) is 75.4 Å². The van der Waals surface area contributed by atoms with E-state index in [1.807, 2.05) is 46.8 Å². The van der Waals surface area contributed by atoms with E-state index < -0.39 is 0 Å². The fourth-order valence-corrected chi connectivity index (χ4v) is 3.08. The molecule has 140 valence electrons. The van der Waals surface area contributed by atoms with Gasteiger partial charge < -0.3 is 14.7 Å². The average Bonchev–Trinajstić information content (AvgIpc) is 2.91. The quantitative estimate of drug-likeness (QED) is 0.884. The van der Waals surface area contributed by atoms with Gasteiger partial charge in [0.15, 0.2) is 5.76 Å². The number of hydrogen-bond acceptors (Lipinski definition) is 4. The Balaban J connectivity index is 2.13. The summed E-state index contributed by atoms with van der Waals surface area (Å²) in [6.07, 6.45) is 0. The molecule has 1 N–H and O–H groups in total. The van der Waals surface area contributed by atoms with Gasteiger partial charge in [-0.3, -0.25) is 9.59 Å². The van der Waals surface area contributed by atoms with Crippen LogP contribution in [0.3, 0.4) is 0 Å². The summed E-state index contributed by atoms with van der Waals surface area (Å²) in [6, 6.07) is 4.04. The summed E-state index contributed by atoms with van der Waals surface area (Å²) in [5.74, 6) is 0.0799. The molecule has 0 aliphatic heterocycles. The van der Waals surface area contributed by atoms with E-state index in [0.29, 0.717) is 17.0 Å². The summed E-state index contributed by atoms with van der Waals surface area (Å²) in [7, 11) is 1.60. The van der Waals surface area contributed by atoms with E-state index in [1.54, 1.807) is 14.0 Å². The zero-order valence-corrected chi connectivity index (χ0v) is 16.6. The molecule has 0 spiro atoms. The smallest absolute Gasteiger partial charge is 0.259 e. The Morgan fingerprint density at radius 1 is 1.15 bits per heavy atom. The Morgan fingerprint density at radius 2 is 1.73 bits per heavy atom. The van der Waals surface area contributed by atoms with Crippen LogP contribution in [0, 0.1) is 27.7 Å². The highest BCUT2D eigenvalue weighted by molar-refractivity contribution is 6.00. The van der Waals surface area contributed by atoms with Gasteiger partial charge in [-0.15, -0.1) is 0 Å². The van der Waals surface area contributed by atoms with Gasteiger partial charge in [0.1, 0.15) is 5.56 Å². The SMILES string of the molecule is Cc1cc(C)c(NC(=O)CN(C)C(=O)c2c(C)noc2C(C)C)c(C)c1. The first-order valence-corrected chi connectivity index (χ1v) is 8.71. The van der Waals surface area contributed by atoms with Gasteiger partial charge in [0.25, 0.3) is 5.91 Å². The van der Waals surface area contributed by atoms with Crippen molar-refractivity contribution in [2.75, 3.05) is 18.9 Å². The van der Waals surface area contributed by atoms with Crippen LogP contribution in [0.1, 0.15) is 58.3 Å². The minimum absolute atomic E-state index is 0.0373. The number of aryl methyl sites for hydroxylation is 4. The minimum Gasteiger partial charge on any atom is -0.360 e. The van der Waals surface area contributed by atoms with Crippen LogP contribution in [0.4, 0.5) is 5.69 Å². The molecule has 0 saturated carbocycles. The highest BCUT2D eigenvalue weighted by atomic mass is 16.5. The molecule has 1 aromatic carbocycles. The van der Waals surface area contributed by atoms with E-state index in [-0.39, 0.29) is 24.3 Å². The molecular weight excluding hydrogens is 330 g/mol. The highest BCUT2D eigenvalue weighted by Gasteiger charge is 2.26. The monoisotopic (exact) mass is 357 g/mol. The number of nitrogens with one attached hydrogen (secondary N) is 1. The lowest BCUT2D eigenvalue weighted by atomic mass is 10.0. The Bertz CT molecular complexity index is 814. The fraction of sp³-hybridized carbons (Fsp3) is 0.450. The number of carbonyl (C=O) groups excluding carboxylic acids is 2. The number of carbonyl (C=O) groups is 2. The number of aromatic nitrogens is 1. The first-order chi connectivity index (χ1) is 12.1. The third-order valence-corrected chi connectivity index (χ3v) is 4.30. The Kier molecular flexibility index (Phi) is 5.85. The van der Waals surface area contributed by atoms with E-state index in [4.69, 9.17) is 4.52 Å². The summed E-state index contributed by atoms with van der Waals surface area (Å²) in [5.41, 5.74) is 4.93. The molecule has 2 aromatic rings. The predicted octanol–water partition coefficient (Wildman–Crippen LogP) is 3.74. The number of amides is 2. The van der Waals surface area contributed by atoms with Gasteiger partial charge in [-0.25, -0.2) is 0 Å². The summed E-state index contributed by atoms with van der Waals surface area (Å²) in [6.45, 7) is 11.5. The number of likely N-dealkylation sites (N-methyl/N-ethyl adjacent to an activating group) is 1. The number of hydrogen-bond donors (Lipinski definition) is 1. The summed E-state index contributed by atoms with van der Waals surface area (Å²) in [4.78, 5) is 26.6. The molecule has 0 bridgehead atoms. The van der Waals surface area contributed by atoms with Crippen LogP contribution >= 0.6 is 0 Å². The van der Waals surface area contributed by atoms with Gasteiger partial charge in [-0.2, -0.15) is 0 Å². The Morgan fingerprint density at radius 3 is 2.27 bits per heavy atom. The molecule has 26 heavy (non-hydrogen) atoms. The van der Waals surface area contributed by atoms with Crippen molar-refractivity contribution in [2.24, 2.45) is 0 Å². The zero-order chi connectivity index (χ0) is 19.6. The third-order valence-electron chi connectivity index (χ3n) is 4.30. The van der Waals surface area contributed by atoms with Gasteiger partial charge >= 0.3 is 0 Å². The van der Waals surface area contributed by atoms with Crippen LogP contribution < -0.4 is 5.32 Å². The van der Waals surface area contributed by atoms with Gasteiger partial charge in [-0.1, -0.05) is 36.7 Å². The van der Waals surface area contributed by atoms with Crippen molar-refractivity contribution in [3.63, 3.8) is 0 Å². The van der Waals surface area contributed by atoms with Crippen LogP contribution in [0.2, 0.25) is 0 Å². The molecule has 0 radical (unpaired) electrons. The van der Waals surface area contributed by atoms with Gasteiger partial charge in [0, 0.05) is 18.7 Å². The lowest BCUT2D eigenvalue weighted by Crippen LogP contribution is -2.35. The molecule has 1 heterocycles. The Hall–Kier alpha value is -2.63. The van der Waals surface area contributed by atoms with Crippen molar-refractivity contribution < 1.29 is 14.1 Å². The molecular formula is C20H27N3O3. The number of rotatable bonds is 5. The molecule has 6 nitrogen and oxygen atoms in total. The molecule has 1 aromatic heterocycles. The largest absolute Gasteiger partial charge is 0.360 e. The standard InChI is InChI=1S/C20H27N3O3/c1-11(2)19-17(15(6)22-26-19)20(25)23(7)10-16(24)21-18-13(4)8-12(3)9-14(18)5/h8-9,11H,10H2,1-7H3,(H,21,24). The number of benzene rings is 1. The molecule has 0 unspecified atom stereocenters. The van der Waals surface area contributed by atoms with Crippen molar-refractivity contribution >= 4 is 17.5 Å². The molecule has 6 heteroatoms. The minimum atomic E-state index is -0.264. The van der Waals surface area contributed by atoms with E-state index in [1.165, 1.54) is 4.90 Å². The lowest BCUT2D eigenvalue weighted by molar-refractivity contribution is -0.116. The molecule has 0 saturated heterocycles. The summed E-state index contributed by atoms with van der Waals surface area (Å²) >= 11 is 0. The van der Waals surface area contributed by atoms with Crippen molar-refractivity contribution in [2.45, 2.75) is 47.5 Å². The van der Waals surface area contributed by atoms with E-state index in [2.05, 4.69) is 10.5 Å². The fourth-order valence-electron chi connectivity index (χ4n) is 3.08. The maximum absolute atomic E-state index is 12.8. The normalized spacial score (nSPS) is 10.9. The Labute approximate surface area is 154 Å². The average molecular weight is 357 g/mol. The van der Waals surface area contributed by atoms with Gasteiger partial charge in [0.2, 0.25) is 5.91 Å². The van der Waals surface area contributed by atoms with Crippen molar-refractivity contribution in [1.82, 2.24) is 10.1 Å². The maximum atomic E-state index is 12.8. The molecule has 2 amide bonds.